The average Bonchev–Trinajstić information content (AvgIpc) is 3.70. The van der Waals surface area contributed by atoms with E-state index >= 15 is 0 Å². The second-order valence-corrected chi connectivity index (χ2v) is 10.9. The normalized spacial score (nSPS) is 16.9. The second-order valence-electron chi connectivity index (χ2n) is 10.5. The number of nitrogens with zero attached hydrogens (tertiary/aromatic N) is 4. The smallest absolute Gasteiger partial charge is 0.263 e. The van der Waals surface area contributed by atoms with E-state index in [-0.39, 0.29) is 30.2 Å². The summed E-state index contributed by atoms with van der Waals surface area (Å²) in [7, 11) is 0. The molecule has 37 heavy (non-hydrogen) atoms. The largest absolute Gasteiger partial charge is 0.489 e. The van der Waals surface area contributed by atoms with Gasteiger partial charge in [-0.05, 0) is 63.8 Å². The third-order valence-corrected chi connectivity index (χ3v) is 7.24. The predicted octanol–water partition coefficient (Wildman–Crippen LogP) is 4.28. The number of nitrogens with one attached hydrogen (secondary N) is 1. The first kappa shape index (κ1) is 25.7. The van der Waals surface area contributed by atoms with E-state index in [0.29, 0.717) is 33.2 Å². The lowest BCUT2D eigenvalue weighted by Crippen LogP contribution is -2.38. The fraction of sp³-hybridized carbons (Fsp3) is 0.500. The summed E-state index contributed by atoms with van der Waals surface area (Å²) >= 11 is 6.21. The lowest BCUT2D eigenvalue weighted by atomic mass is 10.1. The monoisotopic (exact) mass is 523 g/mol. The molecule has 1 N–H and O–H groups in total. The number of aromatic nitrogens is 3. The maximum absolute atomic E-state index is 13.7. The zero-order valence-electron chi connectivity index (χ0n) is 21.5. The molecule has 196 valence electrons. The van der Waals surface area contributed by atoms with Crippen LogP contribution in [0, 0.1) is 5.92 Å². The van der Waals surface area contributed by atoms with Crippen molar-refractivity contribution in [2.24, 2.45) is 5.92 Å². The molecule has 5 rings (SSSR count). The van der Waals surface area contributed by atoms with E-state index in [1.54, 1.807) is 30.5 Å². The first-order valence-electron chi connectivity index (χ1n) is 13.2. The molecular formula is C28H34ClN5O3. The van der Waals surface area contributed by atoms with E-state index in [1.165, 1.54) is 30.4 Å². The van der Waals surface area contributed by atoms with Gasteiger partial charge in [-0.3, -0.25) is 14.2 Å². The minimum Gasteiger partial charge on any atom is -0.489 e. The zero-order valence-corrected chi connectivity index (χ0v) is 22.2. The van der Waals surface area contributed by atoms with Crippen LogP contribution in [-0.4, -0.2) is 57.1 Å². The van der Waals surface area contributed by atoms with Crippen molar-refractivity contribution >= 4 is 28.5 Å². The highest BCUT2D eigenvalue weighted by atomic mass is 35.5. The summed E-state index contributed by atoms with van der Waals surface area (Å²) in [5, 5.41) is 3.68. The molecule has 1 amide bonds. The number of halogens is 1. The molecule has 1 saturated carbocycles. The highest BCUT2D eigenvalue weighted by Gasteiger charge is 2.25. The zero-order chi connectivity index (χ0) is 25.9. The minimum absolute atomic E-state index is 0.0481. The Morgan fingerprint density at radius 1 is 1.19 bits per heavy atom. The summed E-state index contributed by atoms with van der Waals surface area (Å²) in [6.07, 6.45) is 7.73. The Morgan fingerprint density at radius 2 is 1.97 bits per heavy atom. The summed E-state index contributed by atoms with van der Waals surface area (Å²) < 4.78 is 7.63. The van der Waals surface area contributed by atoms with Gasteiger partial charge in [0, 0.05) is 29.7 Å². The number of benzene rings is 1. The molecule has 2 fully saturated rings. The van der Waals surface area contributed by atoms with Crippen molar-refractivity contribution < 1.29 is 9.53 Å². The number of carbonyl (C=O) groups is 1. The molecular weight excluding hydrogens is 490 g/mol. The van der Waals surface area contributed by atoms with Gasteiger partial charge >= 0.3 is 0 Å². The Morgan fingerprint density at radius 3 is 2.68 bits per heavy atom. The van der Waals surface area contributed by atoms with Crippen molar-refractivity contribution in [2.75, 3.05) is 19.6 Å². The number of ether oxygens (including phenoxy) is 1. The van der Waals surface area contributed by atoms with Crippen LogP contribution in [0.25, 0.3) is 22.4 Å². The highest BCUT2D eigenvalue weighted by Crippen LogP contribution is 2.33. The molecule has 2 aromatic heterocycles. The molecule has 2 aliphatic rings. The standard InChI is InChI=1S/C28H34ClN5O3/c1-18(2)31-25(35)17-34-27(20-4-3-5-21(29)14-20)32-26-24(28(34)36)15-23(16-30-26)37-22-9-12-33(13-10-22)11-8-19-6-7-19/h3-5,14-16,18-19,22H,6-13,17H2,1-2H3,(H,31,35). The van der Waals surface area contributed by atoms with Crippen molar-refractivity contribution in [3.05, 3.63) is 51.9 Å². The molecule has 0 radical (unpaired) electrons. The van der Waals surface area contributed by atoms with Gasteiger partial charge in [0.1, 0.15) is 24.2 Å². The van der Waals surface area contributed by atoms with Crippen LogP contribution in [0.3, 0.4) is 0 Å². The number of rotatable bonds is 9. The third-order valence-electron chi connectivity index (χ3n) is 7.01. The summed E-state index contributed by atoms with van der Waals surface area (Å²) in [5.41, 5.74) is 0.605. The molecule has 3 aromatic rings. The van der Waals surface area contributed by atoms with E-state index in [9.17, 15) is 9.59 Å². The number of fused-ring (bicyclic) bond motifs is 1. The summed E-state index contributed by atoms with van der Waals surface area (Å²) in [6, 6.07) is 8.72. The van der Waals surface area contributed by atoms with Crippen LogP contribution in [0.1, 0.15) is 46.0 Å². The predicted molar refractivity (Wildman–Crippen MR) is 145 cm³/mol. The number of pyridine rings is 1. The number of hydrogen-bond donors (Lipinski definition) is 1. The molecule has 8 nitrogen and oxygen atoms in total. The van der Waals surface area contributed by atoms with Gasteiger partial charge in [0.2, 0.25) is 5.91 Å². The molecule has 0 spiro atoms. The fourth-order valence-electron chi connectivity index (χ4n) is 4.87. The molecule has 3 heterocycles. The SMILES string of the molecule is CC(C)NC(=O)Cn1c(-c2cccc(Cl)c2)nc2ncc(OC3CCN(CCC4CC4)CC3)cc2c1=O. The molecule has 0 unspecified atom stereocenters. The van der Waals surface area contributed by atoms with Gasteiger partial charge in [-0.15, -0.1) is 0 Å². The minimum atomic E-state index is -0.341. The molecule has 1 aliphatic carbocycles. The van der Waals surface area contributed by atoms with E-state index in [1.807, 2.05) is 19.9 Å². The Hall–Kier alpha value is -2.97. The Balaban J connectivity index is 1.39. The number of carbonyl (C=O) groups excluding carboxylic acids is 1. The highest BCUT2D eigenvalue weighted by molar-refractivity contribution is 6.30. The molecule has 0 bridgehead atoms. The van der Waals surface area contributed by atoms with Crippen molar-refractivity contribution in [1.29, 1.82) is 0 Å². The summed E-state index contributed by atoms with van der Waals surface area (Å²) in [6.45, 7) is 6.83. The van der Waals surface area contributed by atoms with Crippen LogP contribution in [0.5, 0.6) is 5.75 Å². The van der Waals surface area contributed by atoms with E-state index in [2.05, 4.69) is 20.2 Å². The number of piperidine rings is 1. The van der Waals surface area contributed by atoms with E-state index in [0.717, 1.165) is 31.8 Å². The van der Waals surface area contributed by atoms with Crippen LogP contribution in [0.2, 0.25) is 5.02 Å². The second kappa shape index (κ2) is 11.2. The van der Waals surface area contributed by atoms with Gasteiger partial charge in [0.25, 0.3) is 5.56 Å². The first-order chi connectivity index (χ1) is 17.9. The summed E-state index contributed by atoms with van der Waals surface area (Å²) in [4.78, 5) is 37.9. The number of likely N-dealkylation sites (tertiary alicyclic amines) is 1. The van der Waals surface area contributed by atoms with Crippen molar-refractivity contribution in [2.45, 2.75) is 64.6 Å². The van der Waals surface area contributed by atoms with Gasteiger partial charge in [0.05, 0.1) is 11.6 Å². The third kappa shape index (κ3) is 6.48. The molecule has 0 atom stereocenters. The average molecular weight is 524 g/mol. The molecule has 1 aromatic carbocycles. The van der Waals surface area contributed by atoms with Crippen LogP contribution in [-0.2, 0) is 11.3 Å². The van der Waals surface area contributed by atoms with Crippen LogP contribution in [0.15, 0.2) is 41.3 Å². The summed E-state index contributed by atoms with van der Waals surface area (Å²) in [5.74, 6) is 1.58. The lowest BCUT2D eigenvalue weighted by molar-refractivity contribution is -0.122. The maximum Gasteiger partial charge on any atom is 0.263 e. The van der Waals surface area contributed by atoms with Crippen LogP contribution >= 0.6 is 11.6 Å². The molecule has 1 aliphatic heterocycles. The van der Waals surface area contributed by atoms with Gasteiger partial charge in [-0.25, -0.2) is 9.97 Å². The Labute approximate surface area is 222 Å². The van der Waals surface area contributed by atoms with Gasteiger partial charge in [0.15, 0.2) is 5.65 Å². The quantitative estimate of drug-likeness (QED) is 0.450. The van der Waals surface area contributed by atoms with Crippen molar-refractivity contribution in [3.8, 4) is 17.1 Å². The van der Waals surface area contributed by atoms with E-state index < -0.39 is 0 Å². The number of amides is 1. The lowest BCUT2D eigenvalue weighted by Gasteiger charge is -2.32. The Kier molecular flexibility index (Phi) is 7.76. The van der Waals surface area contributed by atoms with Gasteiger partial charge in [-0.2, -0.15) is 0 Å². The maximum atomic E-state index is 13.7. The van der Waals surface area contributed by atoms with Crippen molar-refractivity contribution in [3.63, 3.8) is 0 Å². The van der Waals surface area contributed by atoms with Crippen LogP contribution < -0.4 is 15.6 Å². The molecule has 1 saturated heterocycles. The topological polar surface area (TPSA) is 89.3 Å². The van der Waals surface area contributed by atoms with Crippen LogP contribution in [0.4, 0.5) is 0 Å². The first-order valence-corrected chi connectivity index (χ1v) is 13.6. The van der Waals surface area contributed by atoms with E-state index in [4.69, 9.17) is 16.3 Å². The van der Waals surface area contributed by atoms with Crippen molar-refractivity contribution in [1.82, 2.24) is 24.8 Å². The van der Waals surface area contributed by atoms with Gasteiger partial charge in [-0.1, -0.05) is 36.6 Å². The van der Waals surface area contributed by atoms with Gasteiger partial charge < -0.3 is 15.0 Å². The Bertz CT molecular complexity index is 1330. The fourth-order valence-corrected chi connectivity index (χ4v) is 5.06. The molecule has 9 heteroatoms. The number of hydrogen-bond acceptors (Lipinski definition) is 6.